The number of likely N-dealkylation sites (tertiary alicyclic amines) is 1. The van der Waals surface area contributed by atoms with E-state index in [1.807, 2.05) is 32.9 Å². The largest absolute Gasteiger partial charge is 0.444 e. The molecule has 0 saturated carbocycles. The van der Waals surface area contributed by atoms with Gasteiger partial charge < -0.3 is 15.4 Å². The summed E-state index contributed by atoms with van der Waals surface area (Å²) in [4.78, 5) is 18.2. The fraction of sp³-hybridized carbons (Fsp3) is 0.588. The highest BCUT2D eigenvalue weighted by molar-refractivity contribution is 5.68. The Morgan fingerprint density at radius 2 is 2.26 bits per heavy atom. The summed E-state index contributed by atoms with van der Waals surface area (Å²) in [6.45, 7) is 7.01. The Morgan fingerprint density at radius 1 is 1.52 bits per heavy atom. The molecule has 1 aliphatic heterocycles. The number of aromatic nitrogens is 1. The number of anilines is 1. The Labute approximate surface area is 137 Å². The summed E-state index contributed by atoms with van der Waals surface area (Å²) >= 11 is 0. The average Bonchev–Trinajstić information content (AvgIpc) is 2.46. The van der Waals surface area contributed by atoms with Gasteiger partial charge in [0.1, 0.15) is 17.5 Å². The van der Waals surface area contributed by atoms with Gasteiger partial charge in [-0.2, -0.15) is 5.26 Å². The van der Waals surface area contributed by atoms with Gasteiger partial charge in [0, 0.05) is 18.8 Å². The minimum atomic E-state index is -0.479. The zero-order valence-electron chi connectivity index (χ0n) is 14.0. The lowest BCUT2D eigenvalue weighted by Crippen LogP contribution is -2.43. The number of pyridine rings is 1. The van der Waals surface area contributed by atoms with Crippen LogP contribution in [0.25, 0.3) is 0 Å². The molecule has 124 valence electrons. The molecule has 1 unspecified atom stereocenters. The number of hydrogen-bond donors (Lipinski definition) is 1. The van der Waals surface area contributed by atoms with Crippen LogP contribution < -0.4 is 5.73 Å². The molecule has 0 spiro atoms. The molecule has 23 heavy (non-hydrogen) atoms. The third-order valence-electron chi connectivity index (χ3n) is 3.77. The lowest BCUT2D eigenvalue weighted by molar-refractivity contribution is 0.0165. The van der Waals surface area contributed by atoms with Gasteiger partial charge in [-0.15, -0.1) is 0 Å². The number of hydrogen-bond acceptors (Lipinski definition) is 5. The number of amides is 1. The van der Waals surface area contributed by atoms with E-state index in [9.17, 15) is 4.79 Å². The van der Waals surface area contributed by atoms with Gasteiger partial charge >= 0.3 is 6.09 Å². The zero-order valence-corrected chi connectivity index (χ0v) is 14.0. The SMILES string of the molecule is CC(C)(C)OC(=O)N1CCCC(Cc2ccc(C#N)c(N)n2)C1. The minimum Gasteiger partial charge on any atom is -0.444 e. The van der Waals surface area contributed by atoms with Crippen molar-refractivity contribution in [3.05, 3.63) is 23.4 Å². The molecule has 0 radical (unpaired) electrons. The van der Waals surface area contributed by atoms with E-state index in [-0.39, 0.29) is 11.9 Å². The van der Waals surface area contributed by atoms with Gasteiger partial charge in [-0.25, -0.2) is 9.78 Å². The topological polar surface area (TPSA) is 92.2 Å². The molecule has 1 atom stereocenters. The van der Waals surface area contributed by atoms with Crippen LogP contribution in [-0.4, -0.2) is 34.7 Å². The quantitative estimate of drug-likeness (QED) is 0.905. The van der Waals surface area contributed by atoms with Crippen LogP contribution in [0.15, 0.2) is 12.1 Å². The molecule has 2 heterocycles. The Hall–Kier alpha value is -2.29. The monoisotopic (exact) mass is 316 g/mol. The van der Waals surface area contributed by atoms with E-state index in [2.05, 4.69) is 4.98 Å². The Balaban J connectivity index is 1.98. The molecule has 1 amide bonds. The summed E-state index contributed by atoms with van der Waals surface area (Å²) < 4.78 is 5.44. The molecular weight excluding hydrogens is 292 g/mol. The second-order valence-electron chi connectivity index (χ2n) is 6.99. The highest BCUT2D eigenvalue weighted by Gasteiger charge is 2.27. The van der Waals surface area contributed by atoms with Crippen molar-refractivity contribution in [2.75, 3.05) is 18.8 Å². The predicted octanol–water partition coefficient (Wildman–Crippen LogP) is 2.73. The van der Waals surface area contributed by atoms with Crippen molar-refractivity contribution in [1.29, 1.82) is 5.26 Å². The van der Waals surface area contributed by atoms with E-state index < -0.39 is 5.60 Å². The van der Waals surface area contributed by atoms with Crippen LogP contribution in [0, 0.1) is 17.2 Å². The number of nitrogens with zero attached hydrogens (tertiary/aromatic N) is 3. The molecule has 1 saturated heterocycles. The van der Waals surface area contributed by atoms with Crippen LogP contribution in [0.3, 0.4) is 0 Å². The first-order chi connectivity index (χ1) is 10.8. The van der Waals surface area contributed by atoms with Gasteiger partial charge in [-0.05, 0) is 58.1 Å². The van der Waals surface area contributed by atoms with Crippen molar-refractivity contribution < 1.29 is 9.53 Å². The maximum Gasteiger partial charge on any atom is 0.410 e. The number of nitriles is 1. The second kappa shape index (κ2) is 6.86. The highest BCUT2D eigenvalue weighted by Crippen LogP contribution is 2.23. The summed E-state index contributed by atoms with van der Waals surface area (Å²) in [5.41, 5.74) is 6.54. The predicted molar refractivity (Wildman–Crippen MR) is 87.6 cm³/mol. The summed E-state index contributed by atoms with van der Waals surface area (Å²) in [6.07, 6.45) is 2.49. The average molecular weight is 316 g/mol. The molecule has 0 aliphatic carbocycles. The highest BCUT2D eigenvalue weighted by atomic mass is 16.6. The number of carbonyl (C=O) groups is 1. The third-order valence-corrected chi connectivity index (χ3v) is 3.77. The lowest BCUT2D eigenvalue weighted by atomic mass is 9.93. The van der Waals surface area contributed by atoms with Gasteiger partial charge in [0.2, 0.25) is 0 Å². The normalized spacial score (nSPS) is 18.3. The van der Waals surface area contributed by atoms with E-state index >= 15 is 0 Å². The van der Waals surface area contributed by atoms with Crippen LogP contribution >= 0.6 is 0 Å². The first-order valence-corrected chi connectivity index (χ1v) is 7.92. The summed E-state index contributed by atoms with van der Waals surface area (Å²) in [5.74, 6) is 0.598. The van der Waals surface area contributed by atoms with Crippen LogP contribution in [0.1, 0.15) is 44.9 Å². The number of nitrogens with two attached hydrogens (primary N) is 1. The van der Waals surface area contributed by atoms with Gasteiger partial charge in [-0.3, -0.25) is 0 Å². The fourth-order valence-corrected chi connectivity index (χ4v) is 2.75. The van der Waals surface area contributed by atoms with Crippen molar-refractivity contribution >= 4 is 11.9 Å². The number of ether oxygens (including phenoxy) is 1. The van der Waals surface area contributed by atoms with E-state index in [0.29, 0.717) is 18.0 Å². The Morgan fingerprint density at radius 3 is 2.87 bits per heavy atom. The molecule has 2 N–H and O–H groups in total. The van der Waals surface area contributed by atoms with Crippen molar-refractivity contribution in [2.45, 2.75) is 45.6 Å². The van der Waals surface area contributed by atoms with Crippen LogP contribution in [0.2, 0.25) is 0 Å². The van der Waals surface area contributed by atoms with Crippen LogP contribution in [0.4, 0.5) is 10.6 Å². The van der Waals surface area contributed by atoms with Crippen molar-refractivity contribution in [2.24, 2.45) is 5.92 Å². The summed E-state index contributed by atoms with van der Waals surface area (Å²) in [7, 11) is 0. The number of nitrogen functional groups attached to an aromatic ring is 1. The Bertz CT molecular complexity index is 616. The molecule has 0 aromatic carbocycles. The first kappa shape index (κ1) is 17.1. The van der Waals surface area contributed by atoms with E-state index in [0.717, 1.165) is 31.5 Å². The van der Waals surface area contributed by atoms with Gasteiger partial charge in [0.05, 0.1) is 5.56 Å². The maximum atomic E-state index is 12.2. The molecular formula is C17H24N4O2. The standard InChI is InChI=1S/C17H24N4O2/c1-17(2,3)23-16(22)21-8-4-5-12(11-21)9-14-7-6-13(10-18)15(19)20-14/h6-7,12H,4-5,8-9,11H2,1-3H3,(H2,19,20). The minimum absolute atomic E-state index is 0.255. The van der Waals surface area contributed by atoms with E-state index in [1.54, 1.807) is 11.0 Å². The zero-order chi connectivity index (χ0) is 17.0. The first-order valence-electron chi connectivity index (χ1n) is 7.92. The molecule has 1 aromatic heterocycles. The van der Waals surface area contributed by atoms with Crippen molar-refractivity contribution in [3.8, 4) is 6.07 Å². The van der Waals surface area contributed by atoms with E-state index in [4.69, 9.17) is 15.7 Å². The number of piperidine rings is 1. The summed E-state index contributed by atoms with van der Waals surface area (Å²) in [6, 6.07) is 5.55. The molecule has 6 heteroatoms. The van der Waals surface area contributed by atoms with Gasteiger partial charge in [0.25, 0.3) is 0 Å². The lowest BCUT2D eigenvalue weighted by Gasteiger charge is -2.34. The molecule has 2 rings (SSSR count). The maximum absolute atomic E-state index is 12.2. The van der Waals surface area contributed by atoms with Crippen LogP contribution in [0.5, 0.6) is 0 Å². The van der Waals surface area contributed by atoms with Crippen molar-refractivity contribution in [3.63, 3.8) is 0 Å². The van der Waals surface area contributed by atoms with Crippen molar-refractivity contribution in [1.82, 2.24) is 9.88 Å². The molecule has 1 fully saturated rings. The summed E-state index contributed by atoms with van der Waals surface area (Å²) in [5, 5.41) is 8.89. The number of rotatable bonds is 2. The smallest absolute Gasteiger partial charge is 0.410 e. The van der Waals surface area contributed by atoms with Gasteiger partial charge in [-0.1, -0.05) is 0 Å². The van der Waals surface area contributed by atoms with Gasteiger partial charge in [0.15, 0.2) is 0 Å². The fourth-order valence-electron chi connectivity index (χ4n) is 2.75. The Kier molecular flexibility index (Phi) is 5.09. The third kappa shape index (κ3) is 4.85. The molecule has 1 aliphatic rings. The molecule has 1 aromatic rings. The second-order valence-corrected chi connectivity index (χ2v) is 6.99. The number of carbonyl (C=O) groups excluding carboxylic acids is 1. The van der Waals surface area contributed by atoms with E-state index in [1.165, 1.54) is 0 Å². The van der Waals surface area contributed by atoms with Crippen LogP contribution in [-0.2, 0) is 11.2 Å². The molecule has 6 nitrogen and oxygen atoms in total. The molecule has 0 bridgehead atoms.